The first-order valence-corrected chi connectivity index (χ1v) is 8.02. The number of rotatable bonds is 5. The Balaban J connectivity index is 2.35. The van der Waals surface area contributed by atoms with Gasteiger partial charge < -0.3 is 4.18 Å². The van der Waals surface area contributed by atoms with Crippen molar-refractivity contribution in [3.63, 3.8) is 0 Å². The van der Waals surface area contributed by atoms with Crippen LogP contribution in [0.1, 0.15) is 5.56 Å². The summed E-state index contributed by atoms with van der Waals surface area (Å²) in [4.78, 5) is 10.2. The second kappa shape index (κ2) is 6.66. The van der Waals surface area contributed by atoms with Crippen LogP contribution in [0.25, 0.3) is 11.1 Å². The van der Waals surface area contributed by atoms with Gasteiger partial charge in [-0.25, -0.2) is 0 Å². The Bertz CT molecular complexity index is 915. The summed E-state index contributed by atoms with van der Waals surface area (Å²) >= 11 is 0. The molecule has 0 unspecified atom stereocenters. The molecule has 0 N–H and O–H groups in total. The minimum Gasteiger partial charge on any atom is -0.371 e. The lowest BCUT2D eigenvalue weighted by Gasteiger charge is -2.12. The minimum atomic E-state index is -3.85. The molecule has 0 radical (unpaired) electrons. The second-order valence-corrected chi connectivity index (χ2v) is 6.70. The Morgan fingerprint density at radius 3 is 2.29 bits per heavy atom. The molecule has 2 aromatic rings. The molecule has 2 rings (SSSR count). The SMILES string of the molecule is CN(C)S(=O)(=O)Oc1ccc(-c2ccc([N+](=O)[O-])cc2C#N)cc1. The van der Waals surface area contributed by atoms with Gasteiger partial charge in [0.05, 0.1) is 10.5 Å². The van der Waals surface area contributed by atoms with Gasteiger partial charge >= 0.3 is 10.3 Å². The van der Waals surface area contributed by atoms with Crippen LogP contribution in [0.5, 0.6) is 5.75 Å². The zero-order chi connectivity index (χ0) is 17.9. The van der Waals surface area contributed by atoms with Crippen LogP contribution in [-0.4, -0.2) is 31.7 Å². The van der Waals surface area contributed by atoms with Crippen molar-refractivity contribution < 1.29 is 17.5 Å². The highest BCUT2D eigenvalue weighted by molar-refractivity contribution is 7.84. The molecule has 9 heteroatoms. The highest BCUT2D eigenvalue weighted by atomic mass is 32.2. The monoisotopic (exact) mass is 347 g/mol. The van der Waals surface area contributed by atoms with E-state index in [2.05, 4.69) is 0 Å². The molecular formula is C15H13N3O5S. The van der Waals surface area contributed by atoms with Gasteiger partial charge in [0.25, 0.3) is 5.69 Å². The van der Waals surface area contributed by atoms with E-state index in [1.54, 1.807) is 12.1 Å². The smallest absolute Gasteiger partial charge is 0.371 e. The zero-order valence-electron chi connectivity index (χ0n) is 12.8. The highest BCUT2D eigenvalue weighted by Gasteiger charge is 2.16. The predicted molar refractivity (Wildman–Crippen MR) is 86.5 cm³/mol. The molecule has 0 spiro atoms. The number of nitro benzene ring substituents is 1. The average molecular weight is 347 g/mol. The molecule has 0 saturated carbocycles. The molecule has 0 atom stereocenters. The molecule has 0 heterocycles. The number of hydrogen-bond acceptors (Lipinski definition) is 6. The molecule has 2 aromatic carbocycles. The number of non-ortho nitro benzene ring substituents is 1. The van der Waals surface area contributed by atoms with Gasteiger partial charge in [-0.2, -0.15) is 18.0 Å². The molecule has 0 aromatic heterocycles. The maximum Gasteiger partial charge on any atom is 0.384 e. The first-order chi connectivity index (χ1) is 11.2. The fourth-order valence-electron chi connectivity index (χ4n) is 1.88. The van der Waals surface area contributed by atoms with Crippen LogP contribution in [-0.2, 0) is 10.3 Å². The zero-order valence-corrected chi connectivity index (χ0v) is 13.6. The highest BCUT2D eigenvalue weighted by Crippen LogP contribution is 2.28. The Kier molecular flexibility index (Phi) is 4.82. The lowest BCUT2D eigenvalue weighted by molar-refractivity contribution is -0.384. The Labute approximate surface area is 138 Å². The third-order valence-electron chi connectivity index (χ3n) is 3.15. The van der Waals surface area contributed by atoms with E-state index in [0.29, 0.717) is 11.1 Å². The van der Waals surface area contributed by atoms with Gasteiger partial charge in [0.15, 0.2) is 0 Å². The van der Waals surface area contributed by atoms with Gasteiger partial charge in [-0.3, -0.25) is 10.1 Å². The van der Waals surface area contributed by atoms with Crippen LogP contribution in [0.3, 0.4) is 0 Å². The lowest BCUT2D eigenvalue weighted by Crippen LogP contribution is -2.26. The van der Waals surface area contributed by atoms with Gasteiger partial charge in [0.2, 0.25) is 0 Å². The third-order valence-corrected chi connectivity index (χ3v) is 4.45. The van der Waals surface area contributed by atoms with Crippen molar-refractivity contribution in [2.45, 2.75) is 0 Å². The molecule has 124 valence electrons. The van der Waals surface area contributed by atoms with Gasteiger partial charge in [0, 0.05) is 26.2 Å². The molecule has 0 aliphatic carbocycles. The van der Waals surface area contributed by atoms with E-state index in [9.17, 15) is 23.8 Å². The standard InChI is InChI=1S/C15H13N3O5S/c1-17(2)24(21,22)23-14-6-3-11(4-7-14)15-8-5-13(18(19)20)9-12(15)10-16/h3-9H,1-2H3. The summed E-state index contributed by atoms with van der Waals surface area (Å²) in [6.45, 7) is 0. The topological polar surface area (TPSA) is 114 Å². The fourth-order valence-corrected chi connectivity index (χ4v) is 2.38. The van der Waals surface area contributed by atoms with E-state index in [1.807, 2.05) is 6.07 Å². The van der Waals surface area contributed by atoms with Gasteiger partial charge in [-0.1, -0.05) is 12.1 Å². The Morgan fingerprint density at radius 2 is 1.79 bits per heavy atom. The van der Waals surface area contributed by atoms with Crippen LogP contribution in [0.2, 0.25) is 0 Å². The number of nitriles is 1. The van der Waals surface area contributed by atoms with Crippen LogP contribution in [0.15, 0.2) is 42.5 Å². The molecule has 0 bridgehead atoms. The van der Waals surface area contributed by atoms with Crippen LogP contribution >= 0.6 is 0 Å². The van der Waals surface area contributed by atoms with Crippen molar-refractivity contribution in [3.8, 4) is 22.9 Å². The maximum absolute atomic E-state index is 11.7. The second-order valence-electron chi connectivity index (χ2n) is 4.95. The Morgan fingerprint density at radius 1 is 1.17 bits per heavy atom. The number of benzene rings is 2. The molecular weight excluding hydrogens is 334 g/mol. The van der Waals surface area contributed by atoms with Crippen molar-refractivity contribution in [1.29, 1.82) is 5.26 Å². The first kappa shape index (κ1) is 17.4. The van der Waals surface area contributed by atoms with Gasteiger partial charge in [-0.15, -0.1) is 0 Å². The predicted octanol–water partition coefficient (Wildman–Crippen LogP) is 2.32. The average Bonchev–Trinajstić information content (AvgIpc) is 2.54. The molecule has 24 heavy (non-hydrogen) atoms. The van der Waals surface area contributed by atoms with Crippen molar-refractivity contribution in [2.24, 2.45) is 0 Å². The minimum absolute atomic E-state index is 0.118. The van der Waals surface area contributed by atoms with E-state index < -0.39 is 15.2 Å². The largest absolute Gasteiger partial charge is 0.384 e. The maximum atomic E-state index is 11.7. The van der Waals surface area contributed by atoms with Crippen LogP contribution in [0, 0.1) is 21.4 Å². The number of nitro groups is 1. The summed E-state index contributed by atoms with van der Waals surface area (Å²) in [6.07, 6.45) is 0. The number of nitrogens with zero attached hydrogens (tertiary/aromatic N) is 3. The van der Waals surface area contributed by atoms with Crippen molar-refractivity contribution in [1.82, 2.24) is 4.31 Å². The molecule has 0 aliphatic rings. The summed E-state index contributed by atoms with van der Waals surface area (Å²) in [5.74, 6) is 0.118. The lowest BCUT2D eigenvalue weighted by atomic mass is 10.00. The number of hydrogen-bond donors (Lipinski definition) is 0. The van der Waals surface area contributed by atoms with Crippen molar-refractivity contribution in [2.75, 3.05) is 14.1 Å². The van der Waals surface area contributed by atoms with Gasteiger partial charge in [-0.05, 0) is 29.3 Å². The summed E-state index contributed by atoms with van der Waals surface area (Å²) in [7, 11) is -1.16. The van der Waals surface area contributed by atoms with Crippen molar-refractivity contribution >= 4 is 16.0 Å². The summed E-state index contributed by atoms with van der Waals surface area (Å²) in [6, 6.07) is 11.9. The molecule has 0 saturated heterocycles. The molecule has 0 aliphatic heterocycles. The third kappa shape index (κ3) is 3.68. The first-order valence-electron chi connectivity index (χ1n) is 6.65. The van der Waals surface area contributed by atoms with E-state index in [4.69, 9.17) is 4.18 Å². The molecule has 0 amide bonds. The van der Waals surface area contributed by atoms with Crippen LogP contribution in [0.4, 0.5) is 5.69 Å². The van der Waals surface area contributed by atoms with E-state index >= 15 is 0 Å². The quantitative estimate of drug-likeness (QED) is 0.606. The van der Waals surface area contributed by atoms with E-state index in [1.165, 1.54) is 44.4 Å². The van der Waals surface area contributed by atoms with Crippen LogP contribution < -0.4 is 4.18 Å². The summed E-state index contributed by atoms with van der Waals surface area (Å²) in [5, 5.41) is 19.9. The summed E-state index contributed by atoms with van der Waals surface area (Å²) in [5.41, 5.74) is 1.09. The summed E-state index contributed by atoms with van der Waals surface area (Å²) < 4.78 is 29.1. The molecule has 8 nitrogen and oxygen atoms in total. The van der Waals surface area contributed by atoms with E-state index in [0.717, 1.165) is 4.31 Å². The van der Waals surface area contributed by atoms with Crippen molar-refractivity contribution in [3.05, 3.63) is 58.1 Å². The fraction of sp³-hybridized carbons (Fsp3) is 0.133. The Hall–Kier alpha value is -2.96. The van der Waals surface area contributed by atoms with Gasteiger partial charge in [0.1, 0.15) is 11.8 Å². The van der Waals surface area contributed by atoms with E-state index in [-0.39, 0.29) is 17.0 Å². The molecule has 0 fully saturated rings. The normalized spacial score (nSPS) is 11.1.